The quantitative estimate of drug-likeness (QED) is 0.794. The van der Waals surface area contributed by atoms with Gasteiger partial charge in [-0.25, -0.2) is 0 Å². The van der Waals surface area contributed by atoms with Crippen molar-refractivity contribution in [2.75, 3.05) is 0 Å². The molecule has 0 amide bonds. The molecule has 0 aromatic heterocycles. The number of aryl methyl sites for hydroxylation is 1. The smallest absolute Gasteiger partial charge is 0.189 e. The van der Waals surface area contributed by atoms with E-state index in [0.717, 1.165) is 17.5 Å². The number of benzene rings is 2. The summed E-state index contributed by atoms with van der Waals surface area (Å²) in [5.74, 6) is 0. The second kappa shape index (κ2) is 4.90. The molecule has 4 heteroatoms. The van der Waals surface area contributed by atoms with Crippen molar-refractivity contribution in [3.8, 4) is 11.1 Å². The van der Waals surface area contributed by atoms with Crippen LogP contribution in [0.5, 0.6) is 0 Å². The Morgan fingerprint density at radius 1 is 0.889 bits per heavy atom. The van der Waals surface area contributed by atoms with Gasteiger partial charge in [0.15, 0.2) is 0 Å². The summed E-state index contributed by atoms with van der Waals surface area (Å²) in [5, 5.41) is 0. The fourth-order valence-corrected chi connectivity index (χ4v) is 2.20. The predicted octanol–water partition coefficient (Wildman–Crippen LogP) is 3.57. The third-order valence-corrected chi connectivity index (χ3v) is 3.67. The minimum Gasteiger partial charge on any atom is -0.189 e. The van der Waals surface area contributed by atoms with Gasteiger partial charge in [-0.05, 0) is 35.2 Å². The first-order valence-electron chi connectivity index (χ1n) is 5.65. The third-order valence-electron chi connectivity index (χ3n) is 2.83. The summed E-state index contributed by atoms with van der Waals surface area (Å²) in [7, 11) is -4.61. The number of hydrogen-bond donors (Lipinski definition) is 0. The molecule has 0 unspecified atom stereocenters. The molecule has 0 fully saturated rings. The van der Waals surface area contributed by atoms with Crippen LogP contribution in [0.4, 0.5) is 3.89 Å². The molecule has 2 aromatic carbocycles. The van der Waals surface area contributed by atoms with Crippen molar-refractivity contribution < 1.29 is 12.3 Å². The number of hydrogen-bond acceptors (Lipinski definition) is 2. The van der Waals surface area contributed by atoms with E-state index in [0.29, 0.717) is 0 Å². The molecule has 0 aliphatic heterocycles. The molecule has 0 saturated heterocycles. The minimum atomic E-state index is -4.61. The Balaban J connectivity index is 2.34. The van der Waals surface area contributed by atoms with Gasteiger partial charge in [-0.2, -0.15) is 8.42 Å². The molecule has 2 aromatic rings. The predicted molar refractivity (Wildman–Crippen MR) is 69.5 cm³/mol. The van der Waals surface area contributed by atoms with Gasteiger partial charge in [-0.15, -0.1) is 3.89 Å². The van der Waals surface area contributed by atoms with Gasteiger partial charge >= 0.3 is 10.2 Å². The maximum absolute atomic E-state index is 12.7. The zero-order chi connectivity index (χ0) is 13.2. The molecule has 0 atom stereocenters. The summed E-state index contributed by atoms with van der Waals surface area (Å²) in [6.07, 6.45) is 0.972. The summed E-state index contributed by atoms with van der Waals surface area (Å²) in [6, 6.07) is 13.7. The van der Waals surface area contributed by atoms with E-state index in [1.165, 1.54) is 17.7 Å². The minimum absolute atomic E-state index is 0.309. The first-order chi connectivity index (χ1) is 8.50. The molecule has 2 nitrogen and oxygen atoms in total. The summed E-state index contributed by atoms with van der Waals surface area (Å²) in [6.45, 7) is 2.08. The lowest BCUT2D eigenvalue weighted by molar-refractivity contribution is 0.552. The van der Waals surface area contributed by atoms with Gasteiger partial charge in [-0.3, -0.25) is 0 Å². The van der Waals surface area contributed by atoms with Crippen LogP contribution in [-0.2, 0) is 16.6 Å². The lowest BCUT2D eigenvalue weighted by Crippen LogP contribution is -1.91. The van der Waals surface area contributed by atoms with Gasteiger partial charge in [-0.1, -0.05) is 43.3 Å². The van der Waals surface area contributed by atoms with Crippen LogP contribution in [0.3, 0.4) is 0 Å². The Morgan fingerprint density at radius 3 is 1.72 bits per heavy atom. The van der Waals surface area contributed by atoms with Crippen molar-refractivity contribution >= 4 is 10.2 Å². The van der Waals surface area contributed by atoms with Crippen molar-refractivity contribution in [1.29, 1.82) is 0 Å². The van der Waals surface area contributed by atoms with E-state index in [9.17, 15) is 12.3 Å². The molecular formula is C14H13FO2S. The van der Waals surface area contributed by atoms with E-state index in [1.54, 1.807) is 12.1 Å². The highest BCUT2D eigenvalue weighted by Crippen LogP contribution is 2.22. The molecular weight excluding hydrogens is 251 g/mol. The van der Waals surface area contributed by atoms with Gasteiger partial charge in [0.25, 0.3) is 0 Å². The third kappa shape index (κ3) is 2.76. The van der Waals surface area contributed by atoms with Crippen LogP contribution >= 0.6 is 0 Å². The Bertz CT molecular complexity index is 628. The normalized spacial score (nSPS) is 11.4. The fraction of sp³-hybridized carbons (Fsp3) is 0.143. The Hall–Kier alpha value is -1.68. The van der Waals surface area contributed by atoms with Gasteiger partial charge < -0.3 is 0 Å². The van der Waals surface area contributed by atoms with Crippen molar-refractivity contribution in [3.05, 3.63) is 54.1 Å². The van der Waals surface area contributed by atoms with Gasteiger partial charge in [0.05, 0.1) is 4.90 Å². The summed E-state index contributed by atoms with van der Waals surface area (Å²) in [4.78, 5) is -0.309. The summed E-state index contributed by atoms with van der Waals surface area (Å²) in [5.41, 5.74) is 3.08. The second-order valence-electron chi connectivity index (χ2n) is 4.01. The molecule has 0 N–H and O–H groups in total. The molecule has 0 saturated carbocycles. The van der Waals surface area contributed by atoms with E-state index in [2.05, 4.69) is 6.92 Å². The van der Waals surface area contributed by atoms with Crippen molar-refractivity contribution in [1.82, 2.24) is 0 Å². The lowest BCUT2D eigenvalue weighted by atomic mass is 10.0. The van der Waals surface area contributed by atoms with Crippen LogP contribution in [0.1, 0.15) is 12.5 Å². The molecule has 18 heavy (non-hydrogen) atoms. The van der Waals surface area contributed by atoms with E-state index < -0.39 is 10.2 Å². The second-order valence-corrected chi connectivity index (χ2v) is 5.36. The Kier molecular flexibility index (Phi) is 3.48. The van der Waals surface area contributed by atoms with Crippen LogP contribution in [0.2, 0.25) is 0 Å². The van der Waals surface area contributed by atoms with E-state index in [-0.39, 0.29) is 4.90 Å². The standard InChI is InChI=1S/C14H13FO2S/c1-2-11-3-5-12(6-4-11)13-7-9-14(10-8-13)18(15,16)17/h3-10H,2H2,1H3. The van der Waals surface area contributed by atoms with E-state index in [1.807, 2.05) is 24.3 Å². The molecule has 0 aliphatic carbocycles. The molecule has 0 heterocycles. The highest BCUT2D eigenvalue weighted by Gasteiger charge is 2.11. The first kappa shape index (κ1) is 12.8. The largest absolute Gasteiger partial charge is 0.332 e. The van der Waals surface area contributed by atoms with Crippen LogP contribution < -0.4 is 0 Å². The molecule has 0 radical (unpaired) electrons. The van der Waals surface area contributed by atoms with Crippen LogP contribution in [0.25, 0.3) is 11.1 Å². The van der Waals surface area contributed by atoms with Crippen molar-refractivity contribution in [2.24, 2.45) is 0 Å². The number of halogens is 1. The van der Waals surface area contributed by atoms with E-state index in [4.69, 9.17) is 0 Å². The van der Waals surface area contributed by atoms with Crippen molar-refractivity contribution in [2.45, 2.75) is 18.2 Å². The SMILES string of the molecule is CCc1ccc(-c2ccc(S(=O)(=O)F)cc2)cc1. The van der Waals surface area contributed by atoms with Crippen LogP contribution in [0.15, 0.2) is 53.4 Å². The van der Waals surface area contributed by atoms with Crippen molar-refractivity contribution in [3.63, 3.8) is 0 Å². The Labute approximate surface area is 106 Å². The molecule has 0 aliphatic rings. The first-order valence-corrected chi connectivity index (χ1v) is 7.03. The zero-order valence-electron chi connectivity index (χ0n) is 9.93. The lowest BCUT2D eigenvalue weighted by Gasteiger charge is -2.03. The zero-order valence-corrected chi connectivity index (χ0v) is 10.7. The number of rotatable bonds is 3. The molecule has 0 spiro atoms. The maximum atomic E-state index is 12.7. The van der Waals surface area contributed by atoms with Gasteiger partial charge in [0.1, 0.15) is 0 Å². The maximum Gasteiger partial charge on any atom is 0.332 e. The average molecular weight is 264 g/mol. The topological polar surface area (TPSA) is 34.1 Å². The highest BCUT2D eigenvalue weighted by atomic mass is 32.3. The van der Waals surface area contributed by atoms with Crippen LogP contribution in [-0.4, -0.2) is 8.42 Å². The highest BCUT2D eigenvalue weighted by molar-refractivity contribution is 7.86. The Morgan fingerprint density at radius 2 is 1.33 bits per heavy atom. The summed E-state index contributed by atoms with van der Waals surface area (Å²) < 4.78 is 34.1. The molecule has 94 valence electrons. The van der Waals surface area contributed by atoms with Crippen LogP contribution in [0, 0.1) is 0 Å². The van der Waals surface area contributed by atoms with Gasteiger partial charge in [0.2, 0.25) is 0 Å². The summed E-state index contributed by atoms with van der Waals surface area (Å²) >= 11 is 0. The fourth-order valence-electron chi connectivity index (χ4n) is 1.74. The van der Waals surface area contributed by atoms with E-state index >= 15 is 0 Å². The molecule has 0 bridgehead atoms. The molecule has 2 rings (SSSR count). The average Bonchev–Trinajstić information content (AvgIpc) is 2.38. The monoisotopic (exact) mass is 264 g/mol. The van der Waals surface area contributed by atoms with Gasteiger partial charge in [0, 0.05) is 0 Å².